The molecule has 1 aromatic carbocycles. The van der Waals surface area contributed by atoms with Gasteiger partial charge in [-0.1, -0.05) is 6.07 Å². The van der Waals surface area contributed by atoms with E-state index in [0.717, 1.165) is 30.7 Å². The predicted octanol–water partition coefficient (Wildman–Crippen LogP) is 2.51. The van der Waals surface area contributed by atoms with Gasteiger partial charge in [0, 0.05) is 38.2 Å². The third-order valence-electron chi connectivity index (χ3n) is 5.40. The summed E-state index contributed by atoms with van der Waals surface area (Å²) < 4.78 is 50.3. The average molecular weight is 428 g/mol. The molecule has 0 amide bonds. The second kappa shape index (κ2) is 9.22. The molecule has 0 N–H and O–H groups in total. The van der Waals surface area contributed by atoms with Gasteiger partial charge in [0.05, 0.1) is 13.7 Å². The minimum absolute atomic E-state index is 0.0908. The van der Waals surface area contributed by atoms with Gasteiger partial charge < -0.3 is 9.47 Å². The zero-order valence-corrected chi connectivity index (χ0v) is 17.4. The monoisotopic (exact) mass is 428 g/mol. The summed E-state index contributed by atoms with van der Waals surface area (Å²) in [6.45, 7) is -0.220. The molecule has 1 aromatic heterocycles. The number of hydrogen-bond donors (Lipinski definition) is 0. The quantitative estimate of drug-likeness (QED) is 0.678. The van der Waals surface area contributed by atoms with Crippen LogP contribution in [0.1, 0.15) is 29.8 Å². The Kier molecular flexibility index (Phi) is 6.87. The van der Waals surface area contributed by atoms with Gasteiger partial charge in [-0.3, -0.25) is 9.47 Å². The number of hydrogen-bond acceptors (Lipinski definition) is 5. The summed E-state index contributed by atoms with van der Waals surface area (Å²) in [5.41, 5.74) is 1.45. The standard InChI is InChI=1S/C20H27F3N4O3/c1-25(16-5-7-18-24-26(2)19(28)27(18)9-8-16)11-14-4-6-17(29-3)15(10-14)12-30-13-20(21,22)23/h4,6,10,16H,5,7-9,11-13H2,1-3H3. The summed E-state index contributed by atoms with van der Waals surface area (Å²) in [6.07, 6.45) is -1.93. The number of alkyl halides is 3. The summed E-state index contributed by atoms with van der Waals surface area (Å²) >= 11 is 0. The van der Waals surface area contributed by atoms with E-state index in [0.29, 0.717) is 24.4 Å². The molecule has 0 spiro atoms. The molecule has 1 aliphatic heterocycles. The van der Waals surface area contributed by atoms with Crippen molar-refractivity contribution in [3.8, 4) is 5.75 Å². The van der Waals surface area contributed by atoms with E-state index in [4.69, 9.17) is 9.47 Å². The van der Waals surface area contributed by atoms with E-state index in [2.05, 4.69) is 10.00 Å². The zero-order chi connectivity index (χ0) is 21.9. The van der Waals surface area contributed by atoms with Gasteiger partial charge in [0.25, 0.3) is 0 Å². The van der Waals surface area contributed by atoms with Crippen LogP contribution in [0.4, 0.5) is 13.2 Å². The topological polar surface area (TPSA) is 61.5 Å². The van der Waals surface area contributed by atoms with Crippen molar-refractivity contribution >= 4 is 0 Å². The van der Waals surface area contributed by atoms with E-state index in [1.165, 1.54) is 11.8 Å². The maximum Gasteiger partial charge on any atom is 0.411 e. The third-order valence-corrected chi connectivity index (χ3v) is 5.40. The number of nitrogens with zero attached hydrogens (tertiary/aromatic N) is 4. The number of aromatic nitrogens is 3. The number of aryl methyl sites for hydroxylation is 2. The number of halogens is 3. The Morgan fingerprint density at radius 3 is 2.77 bits per heavy atom. The average Bonchev–Trinajstić information content (AvgIpc) is 2.83. The largest absolute Gasteiger partial charge is 0.496 e. The normalized spacial score (nSPS) is 17.1. The molecule has 166 valence electrons. The Balaban J connectivity index is 1.64. The Hall–Kier alpha value is -2.33. The van der Waals surface area contributed by atoms with Crippen molar-refractivity contribution in [1.29, 1.82) is 0 Å². The number of fused-ring (bicyclic) bond motifs is 1. The number of benzene rings is 1. The molecule has 0 radical (unpaired) electrons. The van der Waals surface area contributed by atoms with Crippen LogP contribution in [0, 0.1) is 0 Å². The fourth-order valence-corrected chi connectivity index (χ4v) is 3.86. The van der Waals surface area contributed by atoms with Gasteiger partial charge in [-0.15, -0.1) is 0 Å². The molecule has 0 saturated heterocycles. The van der Waals surface area contributed by atoms with Gasteiger partial charge in [-0.25, -0.2) is 9.48 Å². The van der Waals surface area contributed by atoms with Crippen LogP contribution in [-0.4, -0.2) is 52.2 Å². The summed E-state index contributed by atoms with van der Waals surface area (Å²) in [5, 5.41) is 4.31. The number of rotatable bonds is 7. The van der Waals surface area contributed by atoms with Crippen LogP contribution in [0.2, 0.25) is 0 Å². The van der Waals surface area contributed by atoms with Crippen LogP contribution in [0.5, 0.6) is 5.75 Å². The molecule has 0 saturated carbocycles. The van der Waals surface area contributed by atoms with E-state index in [1.54, 1.807) is 17.7 Å². The van der Waals surface area contributed by atoms with Crippen LogP contribution in [-0.2, 0) is 37.9 Å². The lowest BCUT2D eigenvalue weighted by molar-refractivity contribution is -0.176. The molecular weight excluding hydrogens is 401 g/mol. The maximum atomic E-state index is 12.4. The van der Waals surface area contributed by atoms with Gasteiger partial charge in [-0.2, -0.15) is 18.3 Å². The lowest BCUT2D eigenvalue weighted by Crippen LogP contribution is -2.32. The first kappa shape index (κ1) is 22.4. The second-order valence-electron chi connectivity index (χ2n) is 7.62. The van der Waals surface area contributed by atoms with Crippen LogP contribution >= 0.6 is 0 Å². The van der Waals surface area contributed by atoms with Gasteiger partial charge >= 0.3 is 11.9 Å². The highest BCUT2D eigenvalue weighted by molar-refractivity contribution is 5.37. The van der Waals surface area contributed by atoms with Crippen LogP contribution in [0.15, 0.2) is 23.0 Å². The minimum Gasteiger partial charge on any atom is -0.496 e. The fourth-order valence-electron chi connectivity index (χ4n) is 3.86. The van der Waals surface area contributed by atoms with Crippen LogP contribution in [0.3, 0.4) is 0 Å². The molecule has 0 aliphatic carbocycles. The van der Waals surface area contributed by atoms with Crippen LogP contribution in [0.25, 0.3) is 0 Å². The van der Waals surface area contributed by atoms with E-state index in [-0.39, 0.29) is 18.3 Å². The van der Waals surface area contributed by atoms with Crippen LogP contribution < -0.4 is 10.4 Å². The van der Waals surface area contributed by atoms with E-state index in [9.17, 15) is 18.0 Å². The van der Waals surface area contributed by atoms with E-state index < -0.39 is 12.8 Å². The minimum atomic E-state index is -4.36. The Labute approximate surface area is 173 Å². The first-order valence-electron chi connectivity index (χ1n) is 9.81. The summed E-state index contributed by atoms with van der Waals surface area (Å²) in [4.78, 5) is 14.3. The molecule has 2 aromatic rings. The summed E-state index contributed by atoms with van der Waals surface area (Å²) in [7, 11) is 5.15. The predicted molar refractivity (Wildman–Crippen MR) is 104 cm³/mol. The third kappa shape index (κ3) is 5.42. The van der Waals surface area contributed by atoms with E-state index >= 15 is 0 Å². The Morgan fingerprint density at radius 2 is 2.07 bits per heavy atom. The smallest absolute Gasteiger partial charge is 0.411 e. The summed E-state index contributed by atoms with van der Waals surface area (Å²) in [6, 6.07) is 5.74. The van der Waals surface area contributed by atoms with Crippen molar-refractivity contribution in [3.05, 3.63) is 45.6 Å². The molecule has 0 bridgehead atoms. The van der Waals surface area contributed by atoms with Gasteiger partial charge in [0.15, 0.2) is 0 Å². The summed E-state index contributed by atoms with van der Waals surface area (Å²) in [5.74, 6) is 1.31. The lowest BCUT2D eigenvalue weighted by atomic mass is 10.1. The molecule has 2 heterocycles. The van der Waals surface area contributed by atoms with Crippen molar-refractivity contribution < 1.29 is 22.6 Å². The van der Waals surface area contributed by atoms with Crippen molar-refractivity contribution in [1.82, 2.24) is 19.2 Å². The molecule has 0 fully saturated rings. The fraction of sp³-hybridized carbons (Fsp3) is 0.600. The SMILES string of the molecule is COc1ccc(CN(C)C2CCc3nn(C)c(=O)n3CC2)cc1COCC(F)(F)F. The molecule has 1 unspecified atom stereocenters. The molecule has 1 atom stereocenters. The van der Waals surface area contributed by atoms with E-state index in [1.807, 2.05) is 19.2 Å². The van der Waals surface area contributed by atoms with Gasteiger partial charge in [0.1, 0.15) is 18.2 Å². The first-order chi connectivity index (χ1) is 14.2. The second-order valence-corrected chi connectivity index (χ2v) is 7.62. The van der Waals surface area contributed by atoms with Crippen molar-refractivity contribution in [2.24, 2.45) is 7.05 Å². The highest BCUT2D eigenvalue weighted by Crippen LogP contribution is 2.24. The first-order valence-corrected chi connectivity index (χ1v) is 9.81. The highest BCUT2D eigenvalue weighted by atomic mass is 19.4. The number of ether oxygens (including phenoxy) is 2. The van der Waals surface area contributed by atoms with Crippen molar-refractivity contribution in [3.63, 3.8) is 0 Å². The molecule has 30 heavy (non-hydrogen) atoms. The Morgan fingerprint density at radius 1 is 1.30 bits per heavy atom. The molecular formula is C20H27F3N4O3. The molecule has 3 rings (SSSR count). The molecule has 10 heteroatoms. The van der Waals surface area contributed by atoms with Gasteiger partial charge in [-0.05, 0) is 37.6 Å². The lowest BCUT2D eigenvalue weighted by Gasteiger charge is -2.27. The molecule has 1 aliphatic rings. The number of methoxy groups -OCH3 is 1. The van der Waals surface area contributed by atoms with Gasteiger partial charge in [0.2, 0.25) is 0 Å². The zero-order valence-electron chi connectivity index (χ0n) is 17.4. The van der Waals surface area contributed by atoms with Crippen molar-refractivity contribution in [2.45, 2.75) is 51.2 Å². The maximum absolute atomic E-state index is 12.4. The molecule has 7 nitrogen and oxygen atoms in total. The highest BCUT2D eigenvalue weighted by Gasteiger charge is 2.27. The van der Waals surface area contributed by atoms with Crippen molar-refractivity contribution in [2.75, 3.05) is 20.8 Å². The Bertz CT molecular complexity index is 923.